The lowest BCUT2D eigenvalue weighted by Gasteiger charge is -2.40. The van der Waals surface area contributed by atoms with Gasteiger partial charge in [-0.25, -0.2) is 9.78 Å². The van der Waals surface area contributed by atoms with Crippen LogP contribution in [0.25, 0.3) is 11.0 Å². The number of nitrogens with one attached hydrogen (secondary N) is 2. The third kappa shape index (κ3) is 4.09. The van der Waals surface area contributed by atoms with Crippen LogP contribution < -0.4 is 5.32 Å². The molecule has 1 aromatic carbocycles. The van der Waals surface area contributed by atoms with Crippen LogP contribution in [0.5, 0.6) is 0 Å². The minimum absolute atomic E-state index is 0.0915. The van der Waals surface area contributed by atoms with Crippen LogP contribution in [0.2, 0.25) is 0 Å². The molecule has 0 radical (unpaired) electrons. The van der Waals surface area contributed by atoms with Crippen LogP contribution in [0.4, 0.5) is 4.79 Å². The Hall–Kier alpha value is -2.12. The van der Waals surface area contributed by atoms with Crippen molar-refractivity contribution in [2.45, 2.75) is 44.2 Å². The highest BCUT2D eigenvalue weighted by molar-refractivity contribution is 5.76. The summed E-state index contributed by atoms with van der Waals surface area (Å²) in [6.45, 7) is 6.01. The van der Waals surface area contributed by atoms with Gasteiger partial charge >= 0.3 is 6.03 Å². The third-order valence-corrected chi connectivity index (χ3v) is 5.86. The number of rotatable bonds is 4. The number of carbonyl (C=O) groups is 1. The summed E-state index contributed by atoms with van der Waals surface area (Å²) in [4.78, 5) is 24.6. The van der Waals surface area contributed by atoms with Crippen LogP contribution in [-0.4, -0.2) is 69.2 Å². The fourth-order valence-electron chi connectivity index (χ4n) is 4.16. The first-order valence-corrected chi connectivity index (χ1v) is 9.97. The molecule has 0 bridgehead atoms. The third-order valence-electron chi connectivity index (χ3n) is 5.86. The number of fused-ring (bicyclic) bond motifs is 1. The number of likely N-dealkylation sites (tertiary alicyclic amines) is 2. The highest BCUT2D eigenvalue weighted by Crippen LogP contribution is 2.25. The number of aromatic amines is 1. The fourth-order valence-corrected chi connectivity index (χ4v) is 4.16. The predicted octanol–water partition coefficient (Wildman–Crippen LogP) is 2.26. The molecule has 0 aliphatic carbocycles. The highest BCUT2D eigenvalue weighted by atomic mass is 16.3. The quantitative estimate of drug-likeness (QED) is 0.770. The topological polar surface area (TPSA) is 84.5 Å². The molecular formula is C20H29N5O2. The molecule has 2 aliphatic rings. The van der Waals surface area contributed by atoms with E-state index in [9.17, 15) is 9.90 Å². The molecule has 2 fully saturated rings. The maximum Gasteiger partial charge on any atom is 0.317 e. The molecule has 0 spiro atoms. The summed E-state index contributed by atoms with van der Waals surface area (Å²) in [7, 11) is 0. The molecule has 3 N–H and O–H groups in total. The number of imidazole rings is 1. The Labute approximate surface area is 159 Å². The second-order valence-electron chi connectivity index (χ2n) is 8.01. The first-order valence-electron chi connectivity index (χ1n) is 9.97. The maximum absolute atomic E-state index is 12.6. The average Bonchev–Trinajstić information content (AvgIpc) is 3.31. The zero-order valence-electron chi connectivity index (χ0n) is 15.9. The van der Waals surface area contributed by atoms with Gasteiger partial charge in [0.05, 0.1) is 22.7 Å². The summed E-state index contributed by atoms with van der Waals surface area (Å²) in [5, 5.41) is 13.9. The molecule has 2 amide bonds. The first-order chi connectivity index (χ1) is 13.0. The maximum atomic E-state index is 12.6. The summed E-state index contributed by atoms with van der Waals surface area (Å²) < 4.78 is 0. The number of H-pyrrole nitrogens is 1. The summed E-state index contributed by atoms with van der Waals surface area (Å²) in [5.41, 5.74) is 1.21. The second-order valence-corrected chi connectivity index (χ2v) is 8.01. The average molecular weight is 371 g/mol. The van der Waals surface area contributed by atoms with Crippen LogP contribution in [-0.2, 0) is 0 Å². The number of β-amino-alcohol motifs (C(OH)–C–C–N with tert-alkyl or cyclic N) is 1. The van der Waals surface area contributed by atoms with Gasteiger partial charge in [-0.3, -0.25) is 0 Å². The number of urea groups is 1. The van der Waals surface area contributed by atoms with E-state index in [1.165, 1.54) is 12.8 Å². The first kappa shape index (κ1) is 18.3. The van der Waals surface area contributed by atoms with E-state index in [2.05, 4.69) is 20.2 Å². The molecule has 7 nitrogen and oxygen atoms in total. The lowest BCUT2D eigenvalue weighted by molar-refractivity contribution is -0.0340. The van der Waals surface area contributed by atoms with Gasteiger partial charge in [0.15, 0.2) is 0 Å². The van der Waals surface area contributed by atoms with Crippen LogP contribution in [0.1, 0.15) is 44.5 Å². The van der Waals surface area contributed by atoms with Crippen molar-refractivity contribution in [3.8, 4) is 0 Å². The van der Waals surface area contributed by atoms with Gasteiger partial charge in [-0.1, -0.05) is 12.1 Å². The van der Waals surface area contributed by atoms with Gasteiger partial charge in [0.25, 0.3) is 0 Å². The number of piperidine rings is 1. The van der Waals surface area contributed by atoms with Crippen LogP contribution in [0.15, 0.2) is 24.3 Å². The Balaban J connectivity index is 1.31. The molecule has 3 heterocycles. The summed E-state index contributed by atoms with van der Waals surface area (Å²) in [6, 6.07) is 7.56. The molecule has 1 aromatic heterocycles. The minimum atomic E-state index is -0.661. The smallest absolute Gasteiger partial charge is 0.317 e. The number of benzene rings is 1. The number of aromatic nitrogens is 2. The van der Waals surface area contributed by atoms with Crippen molar-refractivity contribution in [3.05, 3.63) is 30.1 Å². The standard InChI is InChI=1S/C20H29N5O2/c1-15(18-22-16-6-2-3-7-17(16)23-18)21-19(26)25-12-8-20(27,9-13-25)14-24-10-4-5-11-24/h2-3,6-7,15,27H,4-5,8-14H2,1H3,(H,21,26)(H,22,23)/t15-/m0/s1. The molecule has 2 aromatic rings. The molecule has 2 saturated heterocycles. The molecule has 2 aliphatic heterocycles. The Morgan fingerprint density at radius 3 is 2.67 bits per heavy atom. The number of aliphatic hydroxyl groups is 1. The molecule has 4 rings (SSSR count). The lowest BCUT2D eigenvalue weighted by Crippen LogP contribution is -2.53. The molecule has 1 atom stereocenters. The van der Waals surface area contributed by atoms with Gasteiger partial charge in [0.1, 0.15) is 5.82 Å². The minimum Gasteiger partial charge on any atom is -0.388 e. The molecule has 27 heavy (non-hydrogen) atoms. The number of hydrogen-bond acceptors (Lipinski definition) is 4. The van der Waals surface area contributed by atoms with E-state index in [1.807, 2.05) is 31.2 Å². The van der Waals surface area contributed by atoms with Gasteiger partial charge in [-0.15, -0.1) is 0 Å². The molecule has 146 valence electrons. The Morgan fingerprint density at radius 2 is 1.96 bits per heavy atom. The van der Waals surface area contributed by atoms with Gasteiger partial charge in [-0.2, -0.15) is 0 Å². The SMILES string of the molecule is C[C@H](NC(=O)N1CCC(O)(CN2CCCC2)CC1)c1nc2ccccc2[nH]1. The van der Waals surface area contributed by atoms with Gasteiger partial charge < -0.3 is 25.2 Å². The second kappa shape index (κ2) is 7.48. The van der Waals surface area contributed by atoms with Crippen LogP contribution in [0.3, 0.4) is 0 Å². The Bertz CT molecular complexity index is 758. The van der Waals surface area contributed by atoms with E-state index in [4.69, 9.17) is 0 Å². The van der Waals surface area contributed by atoms with E-state index < -0.39 is 5.60 Å². The summed E-state index contributed by atoms with van der Waals surface area (Å²) in [5.74, 6) is 0.757. The lowest BCUT2D eigenvalue weighted by atomic mass is 9.91. The van der Waals surface area contributed by atoms with Crippen molar-refractivity contribution in [2.75, 3.05) is 32.7 Å². The zero-order valence-corrected chi connectivity index (χ0v) is 15.9. The molecule has 0 unspecified atom stereocenters. The van der Waals surface area contributed by atoms with Crippen molar-refractivity contribution in [2.24, 2.45) is 0 Å². The Kier molecular flexibility index (Phi) is 5.06. The van der Waals surface area contributed by atoms with E-state index in [0.717, 1.165) is 36.5 Å². The van der Waals surface area contributed by atoms with E-state index in [-0.39, 0.29) is 12.1 Å². The molecular weight excluding hydrogens is 342 g/mol. The van der Waals surface area contributed by atoms with Crippen molar-refractivity contribution in [1.29, 1.82) is 0 Å². The predicted molar refractivity (Wildman–Crippen MR) is 104 cm³/mol. The van der Waals surface area contributed by atoms with Crippen LogP contribution in [0, 0.1) is 0 Å². The van der Waals surface area contributed by atoms with E-state index >= 15 is 0 Å². The van der Waals surface area contributed by atoms with E-state index in [0.29, 0.717) is 25.9 Å². The highest BCUT2D eigenvalue weighted by Gasteiger charge is 2.36. The molecule has 0 saturated carbocycles. The van der Waals surface area contributed by atoms with Crippen LogP contribution >= 0.6 is 0 Å². The fraction of sp³-hybridized carbons (Fsp3) is 0.600. The summed E-state index contributed by atoms with van der Waals surface area (Å²) >= 11 is 0. The van der Waals surface area contributed by atoms with Gasteiger partial charge in [0, 0.05) is 19.6 Å². The van der Waals surface area contributed by atoms with E-state index in [1.54, 1.807) is 4.90 Å². The molecule has 7 heteroatoms. The van der Waals surface area contributed by atoms with Gasteiger partial charge in [-0.05, 0) is 57.8 Å². The number of hydrogen-bond donors (Lipinski definition) is 3. The Morgan fingerprint density at radius 1 is 1.26 bits per heavy atom. The van der Waals surface area contributed by atoms with Crippen molar-refractivity contribution < 1.29 is 9.90 Å². The normalized spacial score (nSPS) is 21.5. The number of para-hydroxylation sites is 2. The van der Waals surface area contributed by atoms with Crippen molar-refractivity contribution >= 4 is 17.1 Å². The van der Waals surface area contributed by atoms with Gasteiger partial charge in [0.2, 0.25) is 0 Å². The van der Waals surface area contributed by atoms with Crippen molar-refractivity contribution in [3.63, 3.8) is 0 Å². The summed E-state index contributed by atoms with van der Waals surface area (Å²) in [6.07, 6.45) is 3.72. The zero-order chi connectivity index (χ0) is 18.9. The van der Waals surface area contributed by atoms with Crippen molar-refractivity contribution in [1.82, 2.24) is 25.1 Å². The largest absolute Gasteiger partial charge is 0.388 e. The monoisotopic (exact) mass is 371 g/mol. The number of nitrogens with zero attached hydrogens (tertiary/aromatic N) is 3. The number of carbonyl (C=O) groups excluding carboxylic acids is 1. The number of amides is 2.